The van der Waals surface area contributed by atoms with Gasteiger partial charge in [0, 0.05) is 10.0 Å². The van der Waals surface area contributed by atoms with Gasteiger partial charge in [-0.2, -0.15) is 0 Å². The Morgan fingerprint density at radius 3 is 2.08 bits per heavy atom. The van der Waals surface area contributed by atoms with Gasteiger partial charge in [-0.05, 0) is 35.4 Å². The van der Waals surface area contributed by atoms with Gasteiger partial charge in [-0.15, -0.1) is 0 Å². The molecule has 4 aromatic rings. The zero-order valence-electron chi connectivity index (χ0n) is 20.6. The highest BCUT2D eigenvalue weighted by molar-refractivity contribution is 9.10. The number of hydroxylamine groups is 1. The number of hydrogen-bond donors (Lipinski definition) is 1. The van der Waals surface area contributed by atoms with Crippen molar-refractivity contribution in [1.29, 1.82) is 0 Å². The van der Waals surface area contributed by atoms with Crippen LogP contribution in [0.1, 0.15) is 22.7 Å². The molecule has 194 valence electrons. The number of ketones is 1. The fraction of sp³-hybridized carbons (Fsp3) is 0.129. The molecule has 1 N–H and O–H groups in total. The first-order valence-corrected chi connectivity index (χ1v) is 13.2. The lowest BCUT2D eigenvalue weighted by Crippen LogP contribution is -2.55. The van der Waals surface area contributed by atoms with Crippen LogP contribution in [0.5, 0.6) is 0 Å². The third-order valence-electron chi connectivity index (χ3n) is 7.20. The van der Waals surface area contributed by atoms with Crippen molar-refractivity contribution in [2.24, 2.45) is 5.41 Å². The second-order valence-electron chi connectivity index (χ2n) is 9.41. The number of rotatable bonds is 6. The Labute approximate surface area is 233 Å². The number of halogens is 1. The Morgan fingerprint density at radius 1 is 0.846 bits per heavy atom. The molecule has 2 heterocycles. The molecule has 7 nitrogen and oxygen atoms in total. The second kappa shape index (κ2) is 9.80. The topological polar surface area (TPSA) is 84.9 Å². The van der Waals surface area contributed by atoms with E-state index in [1.807, 2.05) is 78.9 Å². The van der Waals surface area contributed by atoms with Gasteiger partial charge in [0.1, 0.15) is 12.6 Å². The summed E-state index contributed by atoms with van der Waals surface area (Å²) in [5.41, 5.74) is -1.57. The molecule has 0 aromatic heterocycles. The van der Waals surface area contributed by atoms with E-state index in [1.165, 1.54) is 5.06 Å². The van der Waals surface area contributed by atoms with Crippen LogP contribution in [0.4, 0.5) is 5.69 Å². The maximum Gasteiger partial charge on any atom is 0.328 e. The SMILES string of the molecule is O=C1NC2(c3ccccc3)ON(c3ccccc3)C(c3ccc(Br)cc3)C2(C(=O)OCc2ccccc2)C1=O. The number of amides is 1. The van der Waals surface area contributed by atoms with Crippen molar-refractivity contribution >= 4 is 39.3 Å². The van der Waals surface area contributed by atoms with Crippen molar-refractivity contribution in [3.05, 3.63) is 136 Å². The molecule has 0 aliphatic carbocycles. The molecular weight excluding hydrogens is 560 g/mol. The van der Waals surface area contributed by atoms with E-state index in [2.05, 4.69) is 21.2 Å². The zero-order chi connectivity index (χ0) is 27.0. The normalized spacial score (nSPS) is 23.8. The van der Waals surface area contributed by atoms with Crippen molar-refractivity contribution in [2.45, 2.75) is 18.4 Å². The van der Waals surface area contributed by atoms with Crippen LogP contribution in [0.2, 0.25) is 0 Å². The Balaban J connectivity index is 1.60. The molecule has 8 heteroatoms. The first-order chi connectivity index (χ1) is 19.0. The van der Waals surface area contributed by atoms with Gasteiger partial charge in [0.2, 0.25) is 16.9 Å². The van der Waals surface area contributed by atoms with Gasteiger partial charge in [0.25, 0.3) is 5.91 Å². The van der Waals surface area contributed by atoms with Gasteiger partial charge < -0.3 is 10.1 Å². The highest BCUT2D eigenvalue weighted by Crippen LogP contribution is 2.62. The molecule has 2 aliphatic heterocycles. The van der Waals surface area contributed by atoms with Crippen LogP contribution in [0, 0.1) is 5.41 Å². The molecule has 6 rings (SSSR count). The summed E-state index contributed by atoms with van der Waals surface area (Å²) in [6.07, 6.45) is 0. The molecule has 0 saturated carbocycles. The summed E-state index contributed by atoms with van der Waals surface area (Å²) in [5, 5.41) is 4.30. The van der Waals surface area contributed by atoms with E-state index >= 15 is 0 Å². The molecule has 3 unspecified atom stereocenters. The van der Waals surface area contributed by atoms with Crippen LogP contribution in [-0.4, -0.2) is 17.7 Å². The molecule has 2 fully saturated rings. The minimum Gasteiger partial charge on any atom is -0.460 e. The Bertz CT molecular complexity index is 1530. The predicted octanol–water partition coefficient (Wildman–Crippen LogP) is 5.22. The third-order valence-corrected chi connectivity index (χ3v) is 7.73. The van der Waals surface area contributed by atoms with Crippen molar-refractivity contribution in [2.75, 3.05) is 5.06 Å². The van der Waals surface area contributed by atoms with Gasteiger partial charge >= 0.3 is 5.97 Å². The Morgan fingerprint density at radius 2 is 1.44 bits per heavy atom. The quantitative estimate of drug-likeness (QED) is 0.190. The summed E-state index contributed by atoms with van der Waals surface area (Å²) in [5.74, 6) is -2.69. The van der Waals surface area contributed by atoms with Crippen molar-refractivity contribution in [3.63, 3.8) is 0 Å². The van der Waals surface area contributed by atoms with Crippen LogP contribution in [0.3, 0.4) is 0 Å². The number of benzene rings is 4. The average Bonchev–Trinajstić information content (AvgIpc) is 3.41. The number of Topliss-reactive ketones (excluding diaryl/α,β-unsaturated/α-hetero) is 1. The number of hydrogen-bond acceptors (Lipinski definition) is 6. The number of nitrogens with zero attached hydrogens (tertiary/aromatic N) is 1. The van der Waals surface area contributed by atoms with Gasteiger partial charge in [-0.3, -0.25) is 14.4 Å². The van der Waals surface area contributed by atoms with Gasteiger partial charge in [-0.25, -0.2) is 9.90 Å². The lowest BCUT2D eigenvalue weighted by atomic mass is 9.67. The van der Waals surface area contributed by atoms with Crippen molar-refractivity contribution < 1.29 is 24.0 Å². The molecule has 0 radical (unpaired) electrons. The molecule has 0 bridgehead atoms. The van der Waals surface area contributed by atoms with Crippen molar-refractivity contribution in [3.8, 4) is 0 Å². The van der Waals surface area contributed by atoms with Gasteiger partial charge in [0.15, 0.2) is 0 Å². The standard InChI is InChI=1S/C31H23BrN2O5/c32-24-18-16-22(17-19-24)26-30(29(37)38-20-21-10-4-1-5-11-21)27(35)28(36)33-31(30,23-12-6-2-7-13-23)39-34(26)25-14-8-3-9-15-25/h1-19,26H,20H2,(H,33,36). The summed E-state index contributed by atoms with van der Waals surface area (Å²) in [6.45, 7) is -0.0772. The summed E-state index contributed by atoms with van der Waals surface area (Å²) < 4.78 is 6.69. The largest absolute Gasteiger partial charge is 0.460 e. The number of esters is 1. The first-order valence-electron chi connectivity index (χ1n) is 12.4. The summed E-state index contributed by atoms with van der Waals surface area (Å²) in [6, 6.07) is 33.3. The number of fused-ring (bicyclic) bond motifs is 1. The van der Waals surface area contributed by atoms with E-state index in [0.29, 0.717) is 16.8 Å². The van der Waals surface area contributed by atoms with E-state index in [4.69, 9.17) is 9.57 Å². The summed E-state index contributed by atoms with van der Waals surface area (Å²) in [4.78, 5) is 48.4. The van der Waals surface area contributed by atoms with Crippen molar-refractivity contribution in [1.82, 2.24) is 5.32 Å². The number of ether oxygens (including phenoxy) is 1. The van der Waals surface area contributed by atoms with Crippen LogP contribution in [0.15, 0.2) is 120 Å². The lowest BCUT2D eigenvalue weighted by molar-refractivity contribution is -0.173. The van der Waals surface area contributed by atoms with Crippen LogP contribution in [0.25, 0.3) is 0 Å². The minimum atomic E-state index is -2.11. The predicted molar refractivity (Wildman–Crippen MR) is 147 cm³/mol. The van der Waals surface area contributed by atoms with Gasteiger partial charge in [0.05, 0.1) is 5.69 Å². The molecule has 39 heavy (non-hydrogen) atoms. The Kier molecular flexibility index (Phi) is 6.29. The molecule has 1 amide bonds. The monoisotopic (exact) mass is 582 g/mol. The highest BCUT2D eigenvalue weighted by atomic mass is 79.9. The number of para-hydroxylation sites is 1. The maximum atomic E-state index is 14.4. The van der Waals surface area contributed by atoms with Gasteiger partial charge in [-0.1, -0.05) is 107 Å². The number of carbonyl (C=O) groups is 3. The van der Waals surface area contributed by atoms with E-state index in [9.17, 15) is 14.4 Å². The smallest absolute Gasteiger partial charge is 0.328 e. The number of carbonyl (C=O) groups excluding carboxylic acids is 3. The summed E-state index contributed by atoms with van der Waals surface area (Å²) >= 11 is 3.46. The zero-order valence-corrected chi connectivity index (χ0v) is 22.2. The van der Waals surface area contributed by atoms with Crippen LogP contribution >= 0.6 is 15.9 Å². The Hall–Kier alpha value is -4.27. The van der Waals surface area contributed by atoms with E-state index < -0.39 is 34.8 Å². The molecule has 2 saturated heterocycles. The van der Waals surface area contributed by atoms with E-state index in [1.54, 1.807) is 36.4 Å². The molecule has 0 spiro atoms. The minimum absolute atomic E-state index is 0.0772. The lowest BCUT2D eigenvalue weighted by Gasteiger charge is -2.35. The van der Waals surface area contributed by atoms with E-state index in [0.717, 1.165) is 10.0 Å². The first kappa shape index (κ1) is 25.0. The number of anilines is 1. The third kappa shape index (κ3) is 3.87. The van der Waals surface area contributed by atoms with E-state index in [-0.39, 0.29) is 6.61 Å². The maximum absolute atomic E-state index is 14.4. The second-order valence-corrected chi connectivity index (χ2v) is 10.3. The highest BCUT2D eigenvalue weighted by Gasteiger charge is 2.81. The average molecular weight is 583 g/mol. The molecule has 4 aromatic carbocycles. The number of nitrogens with one attached hydrogen (secondary N) is 1. The molecule has 3 atom stereocenters. The van der Waals surface area contributed by atoms with Crippen LogP contribution in [-0.2, 0) is 36.3 Å². The fourth-order valence-electron chi connectivity index (χ4n) is 5.46. The summed E-state index contributed by atoms with van der Waals surface area (Å²) in [7, 11) is 0. The fourth-order valence-corrected chi connectivity index (χ4v) is 5.72. The molecular formula is C31H23BrN2O5. The van der Waals surface area contributed by atoms with Crippen LogP contribution < -0.4 is 10.4 Å². The molecule has 2 aliphatic rings.